The van der Waals surface area contributed by atoms with Crippen LogP contribution >= 0.6 is 0 Å². The predicted octanol–water partition coefficient (Wildman–Crippen LogP) is 3.00. The van der Waals surface area contributed by atoms with Crippen molar-refractivity contribution < 1.29 is 0 Å². The number of H-pyrrole nitrogens is 1. The highest BCUT2D eigenvalue weighted by Gasteiger charge is 2.20. The predicted molar refractivity (Wildman–Crippen MR) is 111 cm³/mol. The van der Waals surface area contributed by atoms with Gasteiger partial charge in [-0.05, 0) is 56.8 Å². The van der Waals surface area contributed by atoms with Gasteiger partial charge in [-0.2, -0.15) is 0 Å². The first-order valence-corrected chi connectivity index (χ1v) is 9.91. The molecule has 142 valence electrons. The zero-order valence-electron chi connectivity index (χ0n) is 16.4. The molecular formula is C21H33N5. The number of likely N-dealkylation sites (tertiary alicyclic amines) is 1. The van der Waals surface area contributed by atoms with Gasteiger partial charge in [-0.3, -0.25) is 9.89 Å². The Hall–Kier alpha value is -2.01. The number of guanidine groups is 1. The molecule has 3 N–H and O–H groups in total. The average Bonchev–Trinajstić information content (AvgIpc) is 3.08. The summed E-state index contributed by atoms with van der Waals surface area (Å²) >= 11 is 0. The average molecular weight is 356 g/mol. The molecule has 2 aromatic rings. The monoisotopic (exact) mass is 355 g/mol. The van der Waals surface area contributed by atoms with Crippen LogP contribution in [-0.4, -0.2) is 55.1 Å². The molecule has 1 aliphatic heterocycles. The number of nitrogens with zero attached hydrogens (tertiary/aromatic N) is 2. The maximum absolute atomic E-state index is 4.37. The molecule has 5 heteroatoms. The van der Waals surface area contributed by atoms with Crippen molar-refractivity contribution in [1.29, 1.82) is 0 Å². The van der Waals surface area contributed by atoms with Crippen LogP contribution in [0.15, 0.2) is 35.5 Å². The van der Waals surface area contributed by atoms with E-state index in [1.165, 1.54) is 42.4 Å². The number of hydrogen-bond acceptors (Lipinski definition) is 2. The Bertz CT molecular complexity index is 712. The molecule has 0 radical (unpaired) electrons. The Morgan fingerprint density at radius 2 is 2.04 bits per heavy atom. The molecule has 0 amide bonds. The summed E-state index contributed by atoms with van der Waals surface area (Å²) in [5.74, 6) is 1.77. The first-order chi connectivity index (χ1) is 12.7. The summed E-state index contributed by atoms with van der Waals surface area (Å²) in [6, 6.07) is 8.99. The fourth-order valence-electron chi connectivity index (χ4n) is 3.72. The second-order valence-corrected chi connectivity index (χ2v) is 7.56. The lowest BCUT2D eigenvalue weighted by atomic mass is 9.98. The largest absolute Gasteiger partial charge is 0.361 e. The molecule has 1 saturated heterocycles. The fourth-order valence-corrected chi connectivity index (χ4v) is 3.72. The fraction of sp³-hybridized carbons (Fsp3) is 0.571. The summed E-state index contributed by atoms with van der Waals surface area (Å²) in [6.07, 6.45) is 5.73. The van der Waals surface area contributed by atoms with Gasteiger partial charge >= 0.3 is 0 Å². The number of piperidine rings is 1. The Balaban J connectivity index is 1.42. The number of aromatic nitrogens is 1. The molecule has 1 aromatic heterocycles. The van der Waals surface area contributed by atoms with Gasteiger partial charge in [0.25, 0.3) is 0 Å². The van der Waals surface area contributed by atoms with Gasteiger partial charge in [-0.25, -0.2) is 0 Å². The molecule has 0 bridgehead atoms. The minimum Gasteiger partial charge on any atom is -0.361 e. The van der Waals surface area contributed by atoms with E-state index in [4.69, 9.17) is 0 Å². The minimum atomic E-state index is 0.537. The van der Waals surface area contributed by atoms with Crippen LogP contribution in [0.2, 0.25) is 0 Å². The molecule has 0 saturated carbocycles. The van der Waals surface area contributed by atoms with Crippen LogP contribution in [0.1, 0.15) is 32.3 Å². The van der Waals surface area contributed by atoms with Crippen LogP contribution in [0.25, 0.3) is 10.9 Å². The number of hydrogen-bond donors (Lipinski definition) is 3. The molecule has 26 heavy (non-hydrogen) atoms. The highest BCUT2D eigenvalue weighted by Crippen LogP contribution is 2.18. The second-order valence-electron chi connectivity index (χ2n) is 7.56. The van der Waals surface area contributed by atoms with E-state index in [2.05, 4.69) is 69.8 Å². The summed E-state index contributed by atoms with van der Waals surface area (Å²) in [5.41, 5.74) is 2.55. The van der Waals surface area contributed by atoms with Gasteiger partial charge in [0.1, 0.15) is 0 Å². The van der Waals surface area contributed by atoms with Crippen LogP contribution < -0.4 is 10.6 Å². The Labute approximate surface area is 157 Å². The van der Waals surface area contributed by atoms with E-state index in [0.29, 0.717) is 6.04 Å². The summed E-state index contributed by atoms with van der Waals surface area (Å²) in [5, 5.41) is 8.24. The van der Waals surface area contributed by atoms with Gasteiger partial charge in [-0.15, -0.1) is 0 Å². The van der Waals surface area contributed by atoms with E-state index in [1.54, 1.807) is 0 Å². The number of aromatic amines is 1. The molecule has 1 unspecified atom stereocenters. The third-order valence-corrected chi connectivity index (χ3v) is 5.59. The molecular weight excluding hydrogens is 322 g/mol. The first-order valence-electron chi connectivity index (χ1n) is 9.91. The minimum absolute atomic E-state index is 0.537. The number of nitrogens with one attached hydrogen (secondary N) is 3. The number of rotatable bonds is 6. The molecule has 5 nitrogen and oxygen atoms in total. The number of para-hydroxylation sites is 1. The van der Waals surface area contributed by atoms with Crippen molar-refractivity contribution >= 4 is 16.9 Å². The van der Waals surface area contributed by atoms with Crippen molar-refractivity contribution in [2.24, 2.45) is 10.9 Å². The van der Waals surface area contributed by atoms with Gasteiger partial charge in [0.15, 0.2) is 5.96 Å². The lowest BCUT2D eigenvalue weighted by Crippen LogP contribution is -2.48. The van der Waals surface area contributed by atoms with E-state index < -0.39 is 0 Å². The molecule has 2 heterocycles. The number of aliphatic imine (C=N–C) groups is 1. The third-order valence-electron chi connectivity index (χ3n) is 5.59. The first kappa shape index (κ1) is 18.8. The quantitative estimate of drug-likeness (QED) is 0.551. The van der Waals surface area contributed by atoms with Crippen LogP contribution in [-0.2, 0) is 6.42 Å². The molecule has 0 aliphatic carbocycles. The number of benzene rings is 1. The van der Waals surface area contributed by atoms with Crippen molar-refractivity contribution in [2.75, 3.05) is 33.2 Å². The molecule has 1 fully saturated rings. The van der Waals surface area contributed by atoms with Gasteiger partial charge in [0, 0.05) is 43.3 Å². The van der Waals surface area contributed by atoms with Gasteiger partial charge in [-0.1, -0.05) is 25.1 Å². The molecule has 1 atom stereocenters. The van der Waals surface area contributed by atoms with Crippen molar-refractivity contribution in [3.05, 3.63) is 36.0 Å². The van der Waals surface area contributed by atoms with Crippen LogP contribution in [0.3, 0.4) is 0 Å². The Kier molecular flexibility index (Phi) is 6.56. The van der Waals surface area contributed by atoms with E-state index in [9.17, 15) is 0 Å². The Morgan fingerprint density at radius 1 is 1.27 bits per heavy atom. The van der Waals surface area contributed by atoms with Gasteiger partial charge in [0.05, 0.1) is 0 Å². The maximum atomic E-state index is 4.37. The van der Waals surface area contributed by atoms with Crippen molar-refractivity contribution in [2.45, 2.75) is 39.2 Å². The molecule has 0 spiro atoms. The Morgan fingerprint density at radius 3 is 2.81 bits per heavy atom. The lowest BCUT2D eigenvalue weighted by molar-refractivity contribution is 0.147. The van der Waals surface area contributed by atoms with Gasteiger partial charge in [0.2, 0.25) is 0 Å². The zero-order valence-corrected chi connectivity index (χ0v) is 16.4. The summed E-state index contributed by atoms with van der Waals surface area (Å²) in [7, 11) is 1.84. The highest BCUT2D eigenvalue weighted by atomic mass is 15.2. The van der Waals surface area contributed by atoms with E-state index >= 15 is 0 Å². The van der Waals surface area contributed by atoms with Crippen molar-refractivity contribution in [3.63, 3.8) is 0 Å². The third kappa shape index (κ3) is 4.79. The lowest BCUT2D eigenvalue weighted by Gasteiger charge is -2.35. The second kappa shape index (κ2) is 9.08. The van der Waals surface area contributed by atoms with Crippen LogP contribution in [0.5, 0.6) is 0 Å². The molecule has 1 aliphatic rings. The van der Waals surface area contributed by atoms with Crippen LogP contribution in [0.4, 0.5) is 0 Å². The summed E-state index contributed by atoms with van der Waals surface area (Å²) < 4.78 is 0. The maximum Gasteiger partial charge on any atom is 0.191 e. The summed E-state index contributed by atoms with van der Waals surface area (Å²) in [4.78, 5) is 10.3. The molecule has 3 rings (SSSR count). The zero-order chi connectivity index (χ0) is 18.4. The molecule has 1 aromatic carbocycles. The van der Waals surface area contributed by atoms with Crippen molar-refractivity contribution in [1.82, 2.24) is 20.5 Å². The van der Waals surface area contributed by atoms with E-state index in [0.717, 1.165) is 31.4 Å². The normalized spacial score (nSPS) is 18.2. The standard InChI is InChI=1S/C21H33N5/c1-16-9-12-26(13-10-16)17(2)14-25-21(22-3)23-11-8-18-15-24-20-7-5-4-6-19(18)20/h4-7,15-17,24H,8-14H2,1-3H3,(H2,22,23,25). The smallest absolute Gasteiger partial charge is 0.191 e. The van der Waals surface area contributed by atoms with Crippen LogP contribution in [0, 0.1) is 5.92 Å². The highest BCUT2D eigenvalue weighted by molar-refractivity contribution is 5.83. The van der Waals surface area contributed by atoms with E-state index in [-0.39, 0.29) is 0 Å². The summed E-state index contributed by atoms with van der Waals surface area (Å²) in [6.45, 7) is 8.91. The van der Waals surface area contributed by atoms with E-state index in [1.807, 2.05) is 7.05 Å². The van der Waals surface area contributed by atoms with Crippen molar-refractivity contribution in [3.8, 4) is 0 Å². The topological polar surface area (TPSA) is 55.5 Å². The SMILES string of the molecule is CN=C(NCCc1c[nH]c2ccccc12)NCC(C)N1CCC(C)CC1. The number of fused-ring (bicyclic) bond motifs is 1. The van der Waals surface area contributed by atoms with Gasteiger partial charge < -0.3 is 15.6 Å².